The molecule has 1 aromatic carbocycles. The zero-order valence-corrected chi connectivity index (χ0v) is 12.9. The molecule has 0 saturated carbocycles. The standard InChI is InChI=1S/C15H25NO2S/c1-4-16-15(5-6-17)11-19(18)10-14-8-12(2)7-13(3)9-14/h7-9,15-17H,4-6,10-11H2,1-3H3. The average molecular weight is 283 g/mol. The Kier molecular flexibility index (Phi) is 7.28. The molecule has 2 atom stereocenters. The Morgan fingerprint density at radius 3 is 2.42 bits per heavy atom. The molecule has 0 heterocycles. The summed E-state index contributed by atoms with van der Waals surface area (Å²) in [5.41, 5.74) is 3.56. The minimum atomic E-state index is -0.894. The summed E-state index contributed by atoms with van der Waals surface area (Å²) in [5, 5.41) is 12.3. The zero-order chi connectivity index (χ0) is 14.3. The van der Waals surface area contributed by atoms with E-state index in [4.69, 9.17) is 5.11 Å². The van der Waals surface area contributed by atoms with Crippen LogP contribution >= 0.6 is 0 Å². The first-order valence-electron chi connectivity index (χ1n) is 6.81. The summed E-state index contributed by atoms with van der Waals surface area (Å²) in [7, 11) is -0.894. The van der Waals surface area contributed by atoms with Crippen LogP contribution in [0.3, 0.4) is 0 Å². The predicted octanol–water partition coefficient (Wildman–Crippen LogP) is 1.91. The van der Waals surface area contributed by atoms with Gasteiger partial charge in [0.25, 0.3) is 0 Å². The smallest absolute Gasteiger partial charge is 0.0486 e. The van der Waals surface area contributed by atoms with Gasteiger partial charge in [0.1, 0.15) is 0 Å². The lowest BCUT2D eigenvalue weighted by Gasteiger charge is -2.16. The number of nitrogens with one attached hydrogen (secondary N) is 1. The van der Waals surface area contributed by atoms with Crippen molar-refractivity contribution < 1.29 is 9.32 Å². The molecule has 0 spiro atoms. The van der Waals surface area contributed by atoms with Crippen LogP contribution < -0.4 is 5.32 Å². The molecule has 0 saturated heterocycles. The summed E-state index contributed by atoms with van der Waals surface area (Å²) in [6, 6.07) is 6.46. The fourth-order valence-corrected chi connectivity index (χ4v) is 3.70. The maximum atomic E-state index is 12.2. The third-order valence-corrected chi connectivity index (χ3v) is 4.40. The Bertz CT molecular complexity index is 394. The number of rotatable bonds is 8. The molecule has 0 radical (unpaired) electrons. The molecule has 0 aliphatic carbocycles. The molecule has 4 heteroatoms. The van der Waals surface area contributed by atoms with Crippen LogP contribution in [0.4, 0.5) is 0 Å². The molecule has 19 heavy (non-hydrogen) atoms. The summed E-state index contributed by atoms with van der Waals surface area (Å²) in [5.74, 6) is 1.19. The predicted molar refractivity (Wildman–Crippen MR) is 81.8 cm³/mol. The van der Waals surface area contributed by atoms with E-state index >= 15 is 0 Å². The Labute approximate surface area is 118 Å². The van der Waals surface area contributed by atoms with Crippen LogP contribution in [0.5, 0.6) is 0 Å². The fraction of sp³-hybridized carbons (Fsp3) is 0.600. The van der Waals surface area contributed by atoms with E-state index in [1.54, 1.807) is 0 Å². The van der Waals surface area contributed by atoms with Gasteiger partial charge in [-0.15, -0.1) is 0 Å². The van der Waals surface area contributed by atoms with Crippen molar-refractivity contribution >= 4 is 10.8 Å². The Morgan fingerprint density at radius 2 is 1.89 bits per heavy atom. The van der Waals surface area contributed by atoms with E-state index in [0.29, 0.717) is 17.9 Å². The van der Waals surface area contributed by atoms with Crippen molar-refractivity contribution in [2.24, 2.45) is 0 Å². The molecule has 3 nitrogen and oxygen atoms in total. The zero-order valence-electron chi connectivity index (χ0n) is 12.1. The van der Waals surface area contributed by atoms with Crippen LogP contribution in [0.15, 0.2) is 18.2 Å². The van der Waals surface area contributed by atoms with Crippen LogP contribution in [0.2, 0.25) is 0 Å². The van der Waals surface area contributed by atoms with Gasteiger partial charge in [0, 0.05) is 35.0 Å². The van der Waals surface area contributed by atoms with E-state index in [0.717, 1.165) is 12.1 Å². The van der Waals surface area contributed by atoms with Gasteiger partial charge in [-0.3, -0.25) is 4.21 Å². The highest BCUT2D eigenvalue weighted by Gasteiger charge is 2.12. The SMILES string of the molecule is CCNC(CCO)CS(=O)Cc1cc(C)cc(C)c1. The number of aryl methyl sites for hydroxylation is 2. The van der Waals surface area contributed by atoms with Gasteiger partial charge in [0.05, 0.1) is 0 Å². The molecule has 108 valence electrons. The first-order valence-corrected chi connectivity index (χ1v) is 8.30. The Morgan fingerprint density at radius 1 is 1.26 bits per heavy atom. The lowest BCUT2D eigenvalue weighted by Crippen LogP contribution is -2.35. The number of hydrogen-bond donors (Lipinski definition) is 2. The highest BCUT2D eigenvalue weighted by Crippen LogP contribution is 2.11. The molecule has 0 aliphatic rings. The van der Waals surface area contributed by atoms with Gasteiger partial charge in [-0.1, -0.05) is 36.2 Å². The summed E-state index contributed by atoms with van der Waals surface area (Å²) in [4.78, 5) is 0. The second kappa shape index (κ2) is 8.46. The second-order valence-corrected chi connectivity index (χ2v) is 6.52. The summed E-state index contributed by atoms with van der Waals surface area (Å²) >= 11 is 0. The normalized spacial score (nSPS) is 14.3. The van der Waals surface area contributed by atoms with E-state index in [1.807, 2.05) is 6.92 Å². The quantitative estimate of drug-likeness (QED) is 0.766. The molecule has 0 aliphatic heterocycles. The molecule has 0 fully saturated rings. The first-order chi connectivity index (χ1) is 9.05. The highest BCUT2D eigenvalue weighted by atomic mass is 32.2. The van der Waals surface area contributed by atoms with E-state index in [2.05, 4.69) is 37.4 Å². The van der Waals surface area contributed by atoms with Gasteiger partial charge in [-0.2, -0.15) is 0 Å². The van der Waals surface area contributed by atoms with Crippen molar-refractivity contribution in [2.75, 3.05) is 18.9 Å². The number of hydrogen-bond acceptors (Lipinski definition) is 3. The molecule has 1 aromatic rings. The summed E-state index contributed by atoms with van der Waals surface area (Å²) in [6.07, 6.45) is 0.659. The maximum absolute atomic E-state index is 12.2. The summed E-state index contributed by atoms with van der Waals surface area (Å²) in [6.45, 7) is 7.13. The van der Waals surface area contributed by atoms with E-state index in [9.17, 15) is 4.21 Å². The van der Waals surface area contributed by atoms with Crippen LogP contribution in [-0.4, -0.2) is 34.3 Å². The van der Waals surface area contributed by atoms with E-state index in [1.165, 1.54) is 11.1 Å². The highest BCUT2D eigenvalue weighted by molar-refractivity contribution is 7.84. The van der Waals surface area contributed by atoms with Gasteiger partial charge in [-0.05, 0) is 32.4 Å². The van der Waals surface area contributed by atoms with E-state index in [-0.39, 0.29) is 12.6 Å². The fourth-order valence-electron chi connectivity index (χ4n) is 2.31. The Balaban J connectivity index is 2.58. The molecular formula is C15H25NO2S. The largest absolute Gasteiger partial charge is 0.396 e. The summed E-state index contributed by atoms with van der Waals surface area (Å²) < 4.78 is 12.2. The first kappa shape index (κ1) is 16.3. The van der Waals surface area contributed by atoms with Crippen LogP contribution in [-0.2, 0) is 16.6 Å². The van der Waals surface area contributed by atoms with Crippen molar-refractivity contribution in [1.29, 1.82) is 0 Å². The average Bonchev–Trinajstić information content (AvgIpc) is 2.27. The van der Waals surface area contributed by atoms with Gasteiger partial charge in [0.2, 0.25) is 0 Å². The lowest BCUT2D eigenvalue weighted by atomic mass is 10.1. The van der Waals surface area contributed by atoms with Crippen molar-refractivity contribution in [3.05, 3.63) is 34.9 Å². The molecule has 1 rings (SSSR count). The number of aliphatic hydroxyl groups is 1. The third kappa shape index (κ3) is 6.32. The van der Waals surface area contributed by atoms with Gasteiger partial charge >= 0.3 is 0 Å². The third-order valence-electron chi connectivity index (χ3n) is 2.97. The van der Waals surface area contributed by atoms with Crippen molar-refractivity contribution in [1.82, 2.24) is 5.32 Å². The monoisotopic (exact) mass is 283 g/mol. The minimum absolute atomic E-state index is 0.137. The molecule has 0 amide bonds. The van der Waals surface area contributed by atoms with Crippen molar-refractivity contribution in [3.63, 3.8) is 0 Å². The Hall–Kier alpha value is -0.710. The van der Waals surface area contributed by atoms with Crippen LogP contribution in [0.25, 0.3) is 0 Å². The van der Waals surface area contributed by atoms with Gasteiger partial charge < -0.3 is 10.4 Å². The van der Waals surface area contributed by atoms with Crippen molar-refractivity contribution in [2.45, 2.75) is 39.0 Å². The molecule has 2 N–H and O–H groups in total. The topological polar surface area (TPSA) is 49.3 Å². The molecule has 2 unspecified atom stereocenters. The van der Waals surface area contributed by atoms with Gasteiger partial charge in [-0.25, -0.2) is 0 Å². The molecular weight excluding hydrogens is 258 g/mol. The number of aliphatic hydroxyl groups excluding tert-OH is 1. The van der Waals surface area contributed by atoms with Crippen molar-refractivity contribution in [3.8, 4) is 0 Å². The maximum Gasteiger partial charge on any atom is 0.0486 e. The van der Waals surface area contributed by atoms with Crippen LogP contribution in [0.1, 0.15) is 30.0 Å². The minimum Gasteiger partial charge on any atom is -0.396 e. The van der Waals surface area contributed by atoms with Crippen LogP contribution in [0, 0.1) is 13.8 Å². The van der Waals surface area contributed by atoms with E-state index < -0.39 is 10.8 Å². The second-order valence-electron chi connectivity index (χ2n) is 5.01. The molecule has 0 aromatic heterocycles. The number of benzene rings is 1. The molecule has 0 bridgehead atoms. The van der Waals surface area contributed by atoms with Gasteiger partial charge in [0.15, 0.2) is 0 Å². The lowest BCUT2D eigenvalue weighted by molar-refractivity contribution is 0.270.